The molecule has 0 aliphatic rings. The van der Waals surface area contributed by atoms with E-state index in [4.69, 9.17) is 0 Å². The van der Waals surface area contributed by atoms with E-state index in [0.29, 0.717) is 5.54 Å². The first-order valence-electron chi connectivity index (χ1n) is 4.31. The zero-order valence-electron chi connectivity index (χ0n) is 8.15. The second kappa shape index (κ2) is 5.15. The van der Waals surface area contributed by atoms with E-state index >= 15 is 0 Å². The van der Waals surface area contributed by atoms with Crippen LogP contribution in [0.4, 0.5) is 0 Å². The lowest BCUT2D eigenvalue weighted by Gasteiger charge is -2.33. The summed E-state index contributed by atoms with van der Waals surface area (Å²) in [5, 5.41) is 1.04. The Labute approximate surface area is 79.3 Å². The van der Waals surface area contributed by atoms with Gasteiger partial charge >= 0.3 is 0 Å². The minimum absolute atomic E-state index is 0.301. The fraction of sp³-hybridized carbons (Fsp3) is 1.00. The molecule has 0 spiro atoms. The van der Waals surface area contributed by atoms with E-state index in [1.165, 1.54) is 19.4 Å². The topological polar surface area (TPSA) is 3.24 Å². The Morgan fingerprint density at radius 1 is 1.36 bits per heavy atom. The highest BCUT2D eigenvalue weighted by Gasteiger charge is 2.20. The number of rotatable bonds is 5. The van der Waals surface area contributed by atoms with Gasteiger partial charge in [-0.3, -0.25) is 0 Å². The Kier molecular flexibility index (Phi) is 5.36. The lowest BCUT2D eigenvalue weighted by Crippen LogP contribution is -2.42. The summed E-state index contributed by atoms with van der Waals surface area (Å²) in [4.78, 5) is 2.41. The average molecular weight is 222 g/mol. The first-order valence-corrected chi connectivity index (χ1v) is 5.44. The van der Waals surface area contributed by atoms with Gasteiger partial charge < -0.3 is 4.90 Å². The molecule has 0 aromatic heterocycles. The summed E-state index contributed by atoms with van der Waals surface area (Å²) in [5.41, 5.74) is 0.301. The zero-order valence-corrected chi connectivity index (χ0v) is 9.74. The SMILES string of the molecule is CCCCN(C)C(C)(C)CBr. The van der Waals surface area contributed by atoms with Crippen molar-refractivity contribution in [3.05, 3.63) is 0 Å². The standard InChI is InChI=1S/C9H20BrN/c1-5-6-7-11(4)9(2,3)8-10/h5-8H2,1-4H3. The molecule has 0 saturated carbocycles. The number of unbranched alkanes of at least 4 members (excludes halogenated alkanes) is 1. The Balaban J connectivity index is 3.71. The van der Waals surface area contributed by atoms with Gasteiger partial charge in [-0.15, -0.1) is 0 Å². The Hall–Kier alpha value is 0.440. The normalized spacial score (nSPS) is 12.5. The van der Waals surface area contributed by atoms with Gasteiger partial charge in [0.2, 0.25) is 0 Å². The average Bonchev–Trinajstić information content (AvgIpc) is 2.00. The smallest absolute Gasteiger partial charge is 0.0246 e. The van der Waals surface area contributed by atoms with Crippen molar-refractivity contribution in [1.82, 2.24) is 4.90 Å². The highest BCUT2D eigenvalue weighted by Crippen LogP contribution is 2.15. The van der Waals surface area contributed by atoms with Gasteiger partial charge in [-0.2, -0.15) is 0 Å². The van der Waals surface area contributed by atoms with Gasteiger partial charge in [0, 0.05) is 10.9 Å². The van der Waals surface area contributed by atoms with Gasteiger partial charge in [0.05, 0.1) is 0 Å². The Bertz CT molecular complexity index is 102. The molecule has 0 radical (unpaired) electrons. The predicted molar refractivity (Wildman–Crippen MR) is 55.4 cm³/mol. The third-order valence-electron chi connectivity index (χ3n) is 2.21. The van der Waals surface area contributed by atoms with E-state index in [9.17, 15) is 0 Å². The number of hydrogen-bond acceptors (Lipinski definition) is 1. The van der Waals surface area contributed by atoms with Crippen LogP contribution < -0.4 is 0 Å². The fourth-order valence-corrected chi connectivity index (χ4v) is 1.23. The summed E-state index contributed by atoms with van der Waals surface area (Å²) >= 11 is 3.52. The fourth-order valence-electron chi connectivity index (χ4n) is 0.800. The molecule has 1 nitrogen and oxygen atoms in total. The first-order chi connectivity index (χ1) is 5.04. The minimum atomic E-state index is 0.301. The summed E-state index contributed by atoms with van der Waals surface area (Å²) in [6, 6.07) is 0. The summed E-state index contributed by atoms with van der Waals surface area (Å²) in [7, 11) is 2.19. The third-order valence-corrected chi connectivity index (χ3v) is 3.58. The largest absolute Gasteiger partial charge is 0.300 e. The quantitative estimate of drug-likeness (QED) is 0.646. The minimum Gasteiger partial charge on any atom is -0.300 e. The second-order valence-corrected chi connectivity index (χ2v) is 4.28. The second-order valence-electron chi connectivity index (χ2n) is 3.72. The highest BCUT2D eigenvalue weighted by atomic mass is 79.9. The summed E-state index contributed by atoms with van der Waals surface area (Å²) in [6.07, 6.45) is 2.58. The monoisotopic (exact) mass is 221 g/mol. The number of hydrogen-bond donors (Lipinski definition) is 0. The van der Waals surface area contributed by atoms with Gasteiger partial charge in [-0.25, -0.2) is 0 Å². The summed E-state index contributed by atoms with van der Waals surface area (Å²) in [5.74, 6) is 0. The van der Waals surface area contributed by atoms with Crippen LogP contribution in [0.3, 0.4) is 0 Å². The van der Waals surface area contributed by atoms with Crippen LogP contribution in [0.2, 0.25) is 0 Å². The van der Waals surface area contributed by atoms with Crippen molar-refractivity contribution < 1.29 is 0 Å². The van der Waals surface area contributed by atoms with Crippen LogP contribution in [-0.2, 0) is 0 Å². The molecule has 0 unspecified atom stereocenters. The van der Waals surface area contributed by atoms with Gasteiger partial charge in [0.25, 0.3) is 0 Å². The molecule has 0 N–H and O–H groups in total. The molecule has 11 heavy (non-hydrogen) atoms. The maximum Gasteiger partial charge on any atom is 0.0246 e. The van der Waals surface area contributed by atoms with E-state index in [-0.39, 0.29) is 0 Å². The molecule has 0 aliphatic heterocycles. The van der Waals surface area contributed by atoms with E-state index in [1.807, 2.05) is 0 Å². The van der Waals surface area contributed by atoms with Gasteiger partial charge in [-0.05, 0) is 33.9 Å². The molecule has 0 amide bonds. The van der Waals surface area contributed by atoms with Crippen LogP contribution in [0.1, 0.15) is 33.6 Å². The Morgan fingerprint density at radius 2 is 1.91 bits per heavy atom. The van der Waals surface area contributed by atoms with Crippen molar-refractivity contribution in [3.63, 3.8) is 0 Å². The van der Waals surface area contributed by atoms with Gasteiger partial charge in [0.15, 0.2) is 0 Å². The van der Waals surface area contributed by atoms with Crippen molar-refractivity contribution in [2.24, 2.45) is 0 Å². The van der Waals surface area contributed by atoms with Crippen LogP contribution in [0, 0.1) is 0 Å². The molecule has 0 rings (SSSR count). The van der Waals surface area contributed by atoms with Crippen molar-refractivity contribution in [3.8, 4) is 0 Å². The molecule has 0 bridgehead atoms. The molecule has 2 heteroatoms. The summed E-state index contributed by atoms with van der Waals surface area (Å²) in [6.45, 7) is 7.96. The van der Waals surface area contributed by atoms with Crippen LogP contribution in [0.25, 0.3) is 0 Å². The van der Waals surface area contributed by atoms with Crippen molar-refractivity contribution in [2.45, 2.75) is 39.2 Å². The third kappa shape index (κ3) is 4.12. The number of halogens is 1. The maximum atomic E-state index is 3.52. The molecule has 0 saturated heterocycles. The Morgan fingerprint density at radius 3 is 2.27 bits per heavy atom. The van der Waals surface area contributed by atoms with Gasteiger partial charge in [-0.1, -0.05) is 29.3 Å². The molecule has 68 valence electrons. The van der Waals surface area contributed by atoms with E-state index < -0.39 is 0 Å². The first kappa shape index (κ1) is 11.4. The molecular weight excluding hydrogens is 202 g/mol. The molecule has 0 fully saturated rings. The van der Waals surface area contributed by atoms with E-state index in [2.05, 4.69) is 48.6 Å². The van der Waals surface area contributed by atoms with Crippen LogP contribution >= 0.6 is 15.9 Å². The summed E-state index contributed by atoms with van der Waals surface area (Å²) < 4.78 is 0. The lowest BCUT2D eigenvalue weighted by atomic mass is 10.1. The van der Waals surface area contributed by atoms with Crippen LogP contribution in [-0.4, -0.2) is 29.4 Å². The zero-order chi connectivity index (χ0) is 8.91. The molecule has 0 heterocycles. The van der Waals surface area contributed by atoms with Gasteiger partial charge in [0.1, 0.15) is 0 Å². The van der Waals surface area contributed by atoms with Crippen molar-refractivity contribution >= 4 is 15.9 Å². The molecule has 0 aromatic carbocycles. The number of alkyl halides is 1. The van der Waals surface area contributed by atoms with E-state index in [0.717, 1.165) is 5.33 Å². The van der Waals surface area contributed by atoms with Crippen molar-refractivity contribution in [2.75, 3.05) is 18.9 Å². The number of nitrogens with zero attached hydrogens (tertiary/aromatic N) is 1. The van der Waals surface area contributed by atoms with Crippen molar-refractivity contribution in [1.29, 1.82) is 0 Å². The van der Waals surface area contributed by atoms with E-state index in [1.54, 1.807) is 0 Å². The molecule has 0 atom stereocenters. The van der Waals surface area contributed by atoms with Crippen LogP contribution in [0.5, 0.6) is 0 Å². The molecular formula is C9H20BrN. The molecule has 0 aromatic rings. The predicted octanol–water partition coefficient (Wildman–Crippen LogP) is 2.89. The lowest BCUT2D eigenvalue weighted by molar-refractivity contribution is 0.179. The van der Waals surface area contributed by atoms with Crippen LogP contribution in [0.15, 0.2) is 0 Å². The highest BCUT2D eigenvalue weighted by molar-refractivity contribution is 9.09. The maximum absolute atomic E-state index is 3.52. The molecule has 0 aliphatic carbocycles.